The lowest BCUT2D eigenvalue weighted by atomic mass is 9.88. The molecule has 1 fully saturated rings. The maximum Gasteiger partial charge on any atom is 0.494 e. The third kappa shape index (κ3) is 21.5. The van der Waals surface area contributed by atoms with Gasteiger partial charge in [0.1, 0.15) is 19.3 Å². The van der Waals surface area contributed by atoms with Crippen molar-refractivity contribution in [1.29, 1.82) is 0 Å². The van der Waals surface area contributed by atoms with E-state index in [2.05, 4.69) is 5.32 Å². The molecule has 1 aliphatic heterocycles. The van der Waals surface area contributed by atoms with Crippen molar-refractivity contribution in [2.24, 2.45) is 11.3 Å². The molecule has 17 nitrogen and oxygen atoms in total. The Morgan fingerprint density at radius 2 is 1.31 bits per heavy atom. The Balaban J connectivity index is 2.39. The number of phosphoric acid groups is 1. The maximum atomic E-state index is 12.9. The van der Waals surface area contributed by atoms with Crippen molar-refractivity contribution in [3.63, 3.8) is 0 Å². The Morgan fingerprint density at radius 3 is 1.79 bits per heavy atom. The second-order valence-electron chi connectivity index (χ2n) is 12.6. The van der Waals surface area contributed by atoms with Crippen LogP contribution in [0.5, 0.6) is 0 Å². The first-order chi connectivity index (χ1) is 25.1. The summed E-state index contributed by atoms with van der Waals surface area (Å²) in [5, 5.41) is 13.5. The minimum Gasteiger partial charge on any atom is -0.390 e. The van der Waals surface area contributed by atoms with Gasteiger partial charge < -0.3 is 38.8 Å². The van der Waals surface area contributed by atoms with Crippen LogP contribution in [-0.4, -0.2) is 129 Å². The largest absolute Gasteiger partial charge is 0.494 e. The summed E-state index contributed by atoms with van der Waals surface area (Å²) in [4.78, 5) is 11.7. The van der Waals surface area contributed by atoms with Crippen LogP contribution in [0.2, 0.25) is 0 Å². The number of phosphoric ester groups is 1. The molecule has 2 N–H and O–H groups in total. The number of nitrogens with one attached hydrogen (secondary N) is 1. The predicted octanol–water partition coefficient (Wildman–Crippen LogP) is 4.75. The van der Waals surface area contributed by atoms with E-state index in [1.165, 1.54) is 14.0 Å². The van der Waals surface area contributed by atoms with Gasteiger partial charge in [-0.1, -0.05) is 26.7 Å². The highest BCUT2D eigenvalue weighted by atomic mass is 31.2. The van der Waals surface area contributed by atoms with Crippen LogP contribution in [0.25, 0.3) is 0 Å². The highest BCUT2D eigenvalue weighted by molar-refractivity contribution is 7.48. The highest BCUT2D eigenvalue weighted by Crippen LogP contribution is 2.48. The van der Waals surface area contributed by atoms with Gasteiger partial charge in [-0.05, 0) is 47.7 Å². The van der Waals surface area contributed by atoms with Crippen LogP contribution in [0.4, 0.5) is 0 Å². The highest BCUT2D eigenvalue weighted by Gasteiger charge is 2.43. The number of amides is 1. The summed E-state index contributed by atoms with van der Waals surface area (Å²) in [5.74, 6) is -0.388. The van der Waals surface area contributed by atoms with Gasteiger partial charge >= 0.3 is 25.2 Å². The first kappa shape index (κ1) is 49.4. The molecule has 1 saturated heterocycles. The molecule has 0 aromatic carbocycles. The summed E-state index contributed by atoms with van der Waals surface area (Å²) in [7, 11) is -2.50. The molecule has 0 aromatic rings. The maximum absolute atomic E-state index is 12.9. The van der Waals surface area contributed by atoms with Gasteiger partial charge in [-0.15, -0.1) is 9.05 Å². The number of unbranched alkanes of at least 4 members (excludes halogenated alkanes) is 3. The number of hydrogen-bond acceptors (Lipinski definition) is 16. The molecule has 0 saturated carbocycles. The second-order valence-corrected chi connectivity index (χ2v) is 15.3. The first-order valence-corrected chi connectivity index (χ1v) is 21.1. The van der Waals surface area contributed by atoms with Crippen molar-refractivity contribution in [1.82, 2.24) is 5.32 Å². The Kier molecular flexibility index (Phi) is 29.1. The zero-order valence-corrected chi connectivity index (χ0v) is 34.4. The summed E-state index contributed by atoms with van der Waals surface area (Å²) >= 11 is 0. The van der Waals surface area contributed by atoms with Crippen molar-refractivity contribution in [3.8, 4) is 0 Å². The topological polar surface area (TPSA) is 202 Å². The number of methoxy groups -OCH3 is 1. The van der Waals surface area contributed by atoms with E-state index in [4.69, 9.17) is 51.0 Å². The fourth-order valence-corrected chi connectivity index (χ4v) is 6.92. The van der Waals surface area contributed by atoms with E-state index in [0.717, 1.165) is 25.7 Å². The number of aliphatic hydroxyl groups is 1. The third-order valence-electron chi connectivity index (χ3n) is 8.21. The molecule has 20 heteroatoms. The summed E-state index contributed by atoms with van der Waals surface area (Å²) in [6, 6.07) is -0.636. The van der Waals surface area contributed by atoms with Crippen LogP contribution in [-0.2, 0) is 69.5 Å². The Labute approximate surface area is 312 Å². The zero-order chi connectivity index (χ0) is 38.5. The zero-order valence-electron chi connectivity index (χ0n) is 31.5. The van der Waals surface area contributed by atoms with E-state index >= 15 is 0 Å². The Hall–Kier alpha value is -0.580. The van der Waals surface area contributed by atoms with Gasteiger partial charge in [0.15, 0.2) is 6.29 Å². The summed E-state index contributed by atoms with van der Waals surface area (Å²) in [5.41, 5.74) is -0.618. The lowest BCUT2D eigenvalue weighted by molar-refractivity contribution is -0.249. The van der Waals surface area contributed by atoms with Crippen LogP contribution in [0, 0.1) is 11.3 Å². The fourth-order valence-electron chi connectivity index (χ4n) is 5.47. The average Bonchev–Trinajstić information content (AvgIpc) is 3.13. The van der Waals surface area contributed by atoms with Gasteiger partial charge in [0.2, 0.25) is 5.91 Å². The smallest absolute Gasteiger partial charge is 0.390 e. The molecule has 306 valence electrons. The minimum absolute atomic E-state index is 0.0859. The molecule has 1 amide bonds. The van der Waals surface area contributed by atoms with Crippen LogP contribution >= 0.6 is 25.2 Å². The van der Waals surface area contributed by atoms with Gasteiger partial charge in [0.25, 0.3) is 0 Å². The molecule has 1 heterocycles. The van der Waals surface area contributed by atoms with E-state index < -0.39 is 49.0 Å². The number of rotatable bonds is 35. The molecule has 0 aliphatic carbocycles. The van der Waals surface area contributed by atoms with E-state index in [9.17, 15) is 23.6 Å². The monoisotopic (exact) mass is 811 g/mol. The third-order valence-corrected chi connectivity index (χ3v) is 10.3. The summed E-state index contributed by atoms with van der Waals surface area (Å²) in [6.07, 6.45) is 3.61. The lowest BCUT2D eigenvalue weighted by Crippen LogP contribution is -2.61. The molecule has 8 atom stereocenters. The van der Waals surface area contributed by atoms with Gasteiger partial charge in [0.05, 0.1) is 57.3 Å². The summed E-state index contributed by atoms with van der Waals surface area (Å²) in [6.45, 7) is 8.81. The molecule has 0 radical (unpaired) electrons. The van der Waals surface area contributed by atoms with Gasteiger partial charge in [-0.2, -0.15) is 0 Å². The molecule has 0 bridgehead atoms. The normalized spacial score (nSPS) is 23.1. The lowest BCUT2D eigenvalue weighted by Gasteiger charge is -2.43. The van der Waals surface area contributed by atoms with Crippen LogP contribution in [0.15, 0.2) is 0 Å². The molecule has 0 aromatic heterocycles. The van der Waals surface area contributed by atoms with Gasteiger partial charge in [-0.25, -0.2) is 4.57 Å². The van der Waals surface area contributed by atoms with E-state index in [1.807, 2.05) is 13.8 Å². The van der Waals surface area contributed by atoms with Crippen molar-refractivity contribution in [2.75, 3.05) is 93.5 Å². The van der Waals surface area contributed by atoms with Crippen LogP contribution in [0.3, 0.4) is 0 Å². The average molecular weight is 812 g/mol. The molecular formula is C32H64NO16P3+2. The Bertz CT molecular complexity index is 966. The SMILES string of the molecule is CCC1OC(OCCCCCCOP(=O)(OC)OCCCOCC(COC)(COCCCO[PH+]=O)COCCCO[PH+]=O)C(NC(C)=O)C(O)C1C. The Morgan fingerprint density at radius 1 is 0.788 bits per heavy atom. The van der Waals surface area contributed by atoms with Gasteiger partial charge in [-0.3, -0.25) is 18.4 Å². The van der Waals surface area contributed by atoms with Crippen molar-refractivity contribution < 1.29 is 74.6 Å². The molecular weight excluding hydrogens is 747 g/mol. The quantitative estimate of drug-likeness (QED) is 0.0655. The van der Waals surface area contributed by atoms with Crippen molar-refractivity contribution >= 4 is 31.1 Å². The number of carbonyl (C=O) groups is 1. The first-order valence-electron chi connectivity index (χ1n) is 18.0. The van der Waals surface area contributed by atoms with E-state index in [0.29, 0.717) is 71.9 Å². The van der Waals surface area contributed by atoms with Crippen molar-refractivity contribution in [3.05, 3.63) is 0 Å². The number of hydrogen-bond donors (Lipinski definition) is 2. The van der Waals surface area contributed by atoms with Crippen LogP contribution in [0.1, 0.15) is 72.1 Å². The fraction of sp³-hybridized carbons (Fsp3) is 0.969. The van der Waals surface area contributed by atoms with E-state index in [1.54, 1.807) is 7.11 Å². The molecule has 52 heavy (non-hydrogen) atoms. The second kappa shape index (κ2) is 30.6. The standard InChI is InChI=1S/C32H63NO16P3/c1-6-28-26(2)30(35)29(33-27(3)34)31(49-28)44-17-9-7-8-10-20-47-52(38,40-5)48-21-13-16-43-25-32(22-39-4,23-41-14-11-18-45-50-36)24-42-15-12-19-46-51-37/h26,28-31,35,50-51H,6-25H2,1-5H3/q+1/p+1. The number of ether oxygens (including phenoxy) is 6. The molecule has 1 rings (SSSR count). The summed E-state index contributed by atoms with van der Waals surface area (Å²) < 4.78 is 94.7. The molecule has 1 aliphatic rings. The van der Waals surface area contributed by atoms with Gasteiger partial charge in [0, 0.05) is 53.5 Å². The number of carbonyl (C=O) groups excluding carboxylic acids is 1. The molecule has 0 spiro atoms. The minimum atomic E-state index is -3.74. The van der Waals surface area contributed by atoms with E-state index in [-0.39, 0.29) is 51.0 Å². The van der Waals surface area contributed by atoms with Crippen LogP contribution < -0.4 is 5.32 Å². The van der Waals surface area contributed by atoms with Crippen molar-refractivity contribution in [2.45, 2.75) is 96.7 Å². The predicted molar refractivity (Wildman–Crippen MR) is 193 cm³/mol. The number of aliphatic hydroxyl groups excluding tert-OH is 1. The molecule has 8 unspecified atom stereocenters.